The average molecular weight is 255 g/mol. The molecule has 4 heteroatoms. The summed E-state index contributed by atoms with van der Waals surface area (Å²) in [6, 6.07) is 5.11. The van der Waals surface area contributed by atoms with E-state index in [9.17, 15) is 4.79 Å². The van der Waals surface area contributed by atoms with Gasteiger partial charge in [-0.15, -0.1) is 0 Å². The van der Waals surface area contributed by atoms with Gasteiger partial charge in [-0.2, -0.15) is 0 Å². The van der Waals surface area contributed by atoms with Crippen LogP contribution in [0.25, 0.3) is 0 Å². The number of carbonyl (C=O) groups excluding carboxylic acids is 1. The van der Waals surface area contributed by atoms with E-state index in [1.54, 1.807) is 18.2 Å². The highest BCUT2D eigenvalue weighted by molar-refractivity contribution is 6.31. The molecule has 1 aliphatic rings. The van der Waals surface area contributed by atoms with Crippen molar-refractivity contribution in [3.63, 3.8) is 0 Å². The number of hydrogen-bond acceptors (Lipinski definition) is 3. The fourth-order valence-electron chi connectivity index (χ4n) is 1.86. The lowest BCUT2D eigenvalue weighted by atomic mass is 10.1. The molecule has 0 aliphatic carbocycles. The van der Waals surface area contributed by atoms with E-state index in [1.807, 2.05) is 0 Å². The maximum absolute atomic E-state index is 11.5. The zero-order chi connectivity index (χ0) is 12.3. The molecule has 0 aromatic heterocycles. The topological polar surface area (TPSA) is 35.5 Å². The van der Waals surface area contributed by atoms with E-state index in [1.165, 1.54) is 6.92 Å². The Bertz CT molecular complexity index is 411. The molecule has 1 saturated heterocycles. The molecule has 0 radical (unpaired) electrons. The molecule has 0 amide bonds. The second-order valence-electron chi connectivity index (χ2n) is 4.15. The normalized spacial score (nSPS) is 20.0. The Hall–Kier alpha value is -1.06. The molecular formula is C13H15ClO3. The molecule has 1 atom stereocenters. The van der Waals surface area contributed by atoms with Gasteiger partial charge in [-0.25, -0.2) is 0 Å². The maximum Gasteiger partial charge on any atom is 0.163 e. The van der Waals surface area contributed by atoms with Crippen LogP contribution in [0, 0.1) is 0 Å². The Morgan fingerprint density at radius 2 is 2.35 bits per heavy atom. The van der Waals surface area contributed by atoms with Crippen molar-refractivity contribution in [2.24, 2.45) is 0 Å². The number of ketones is 1. The van der Waals surface area contributed by atoms with Gasteiger partial charge in [0.05, 0.1) is 12.2 Å². The van der Waals surface area contributed by atoms with Crippen LogP contribution >= 0.6 is 11.6 Å². The van der Waals surface area contributed by atoms with Gasteiger partial charge in [0.25, 0.3) is 0 Å². The van der Waals surface area contributed by atoms with Crippen molar-refractivity contribution >= 4 is 17.4 Å². The molecular weight excluding hydrogens is 240 g/mol. The molecule has 17 heavy (non-hydrogen) atoms. The largest absolute Gasteiger partial charge is 0.487 e. The average Bonchev–Trinajstić information content (AvgIpc) is 2.32. The van der Waals surface area contributed by atoms with Crippen molar-refractivity contribution in [3.05, 3.63) is 28.8 Å². The van der Waals surface area contributed by atoms with Crippen molar-refractivity contribution in [3.8, 4) is 5.75 Å². The van der Waals surface area contributed by atoms with Gasteiger partial charge in [0.2, 0.25) is 0 Å². The van der Waals surface area contributed by atoms with Gasteiger partial charge in [-0.3, -0.25) is 4.79 Å². The van der Waals surface area contributed by atoms with Gasteiger partial charge < -0.3 is 9.47 Å². The minimum atomic E-state index is -0.0424. The first-order valence-corrected chi connectivity index (χ1v) is 6.09. The number of hydrogen-bond donors (Lipinski definition) is 0. The van der Waals surface area contributed by atoms with Gasteiger partial charge >= 0.3 is 0 Å². The zero-order valence-electron chi connectivity index (χ0n) is 9.74. The van der Waals surface area contributed by atoms with Crippen LogP contribution in [0.4, 0.5) is 0 Å². The summed E-state index contributed by atoms with van der Waals surface area (Å²) >= 11 is 5.87. The van der Waals surface area contributed by atoms with Crippen LogP contribution in [0.15, 0.2) is 18.2 Å². The Labute approximate surface area is 106 Å². The molecule has 92 valence electrons. The number of carbonyl (C=O) groups is 1. The quantitative estimate of drug-likeness (QED) is 0.778. The molecule has 1 aromatic rings. The molecule has 3 nitrogen and oxygen atoms in total. The van der Waals surface area contributed by atoms with Crippen LogP contribution in [0.3, 0.4) is 0 Å². The van der Waals surface area contributed by atoms with Gasteiger partial charge in [-0.1, -0.05) is 11.6 Å². The first-order valence-electron chi connectivity index (χ1n) is 5.71. The smallest absolute Gasteiger partial charge is 0.163 e. The predicted molar refractivity (Wildman–Crippen MR) is 65.9 cm³/mol. The summed E-state index contributed by atoms with van der Waals surface area (Å²) in [6.07, 6.45) is 1.98. The van der Waals surface area contributed by atoms with Crippen LogP contribution < -0.4 is 4.74 Å². The Morgan fingerprint density at radius 3 is 3.00 bits per heavy atom. The first-order chi connectivity index (χ1) is 8.16. The highest BCUT2D eigenvalue weighted by atomic mass is 35.5. The second kappa shape index (κ2) is 5.52. The summed E-state index contributed by atoms with van der Waals surface area (Å²) in [6.45, 7) is 2.88. The lowest BCUT2D eigenvalue weighted by Crippen LogP contribution is -2.28. The second-order valence-corrected chi connectivity index (χ2v) is 4.59. The molecule has 1 aromatic carbocycles. The molecule has 1 unspecified atom stereocenters. The Morgan fingerprint density at radius 1 is 1.53 bits per heavy atom. The third kappa shape index (κ3) is 3.20. The summed E-state index contributed by atoms with van der Waals surface area (Å²) < 4.78 is 11.1. The molecule has 0 bridgehead atoms. The highest BCUT2D eigenvalue weighted by Gasteiger charge is 2.18. The van der Waals surface area contributed by atoms with Crippen LogP contribution in [-0.4, -0.2) is 25.1 Å². The highest BCUT2D eigenvalue weighted by Crippen LogP contribution is 2.25. The van der Waals surface area contributed by atoms with Gasteiger partial charge in [0, 0.05) is 11.6 Å². The fraction of sp³-hybridized carbons (Fsp3) is 0.462. The Kier molecular flexibility index (Phi) is 4.02. The number of Topliss-reactive ketones (excluding diaryl/α,β-unsaturated/α-hetero) is 1. The van der Waals surface area contributed by atoms with Crippen molar-refractivity contribution in [2.75, 3.05) is 13.2 Å². The molecule has 1 fully saturated rings. The predicted octanol–water partition coefficient (Wildman–Crippen LogP) is 3.10. The van der Waals surface area contributed by atoms with E-state index in [0.717, 1.165) is 19.4 Å². The van der Waals surface area contributed by atoms with E-state index < -0.39 is 0 Å². The van der Waals surface area contributed by atoms with E-state index in [0.29, 0.717) is 22.9 Å². The Balaban J connectivity index is 2.16. The lowest BCUT2D eigenvalue weighted by Gasteiger charge is -2.24. The SMILES string of the molecule is CC(=O)c1cc(Cl)ccc1OC1CCCOC1. The van der Waals surface area contributed by atoms with E-state index in [4.69, 9.17) is 21.1 Å². The van der Waals surface area contributed by atoms with Crippen molar-refractivity contribution in [1.29, 1.82) is 0 Å². The third-order valence-electron chi connectivity index (χ3n) is 2.73. The zero-order valence-corrected chi connectivity index (χ0v) is 10.5. The number of halogens is 1. The van der Waals surface area contributed by atoms with Crippen molar-refractivity contribution in [1.82, 2.24) is 0 Å². The minimum Gasteiger partial charge on any atom is -0.487 e. The van der Waals surface area contributed by atoms with Crippen molar-refractivity contribution < 1.29 is 14.3 Å². The third-order valence-corrected chi connectivity index (χ3v) is 2.97. The van der Waals surface area contributed by atoms with Crippen molar-refractivity contribution in [2.45, 2.75) is 25.9 Å². The lowest BCUT2D eigenvalue weighted by molar-refractivity contribution is 0.00712. The minimum absolute atomic E-state index is 0.0306. The standard InChI is InChI=1S/C13H15ClO3/c1-9(15)12-7-10(14)4-5-13(12)17-11-3-2-6-16-8-11/h4-5,7,11H,2-3,6,8H2,1H3. The van der Waals surface area contributed by atoms with Gasteiger partial charge in [-0.05, 0) is 38.0 Å². The number of rotatable bonds is 3. The maximum atomic E-state index is 11.5. The van der Waals surface area contributed by atoms with Crippen LogP contribution in [0.5, 0.6) is 5.75 Å². The molecule has 0 saturated carbocycles. The molecule has 2 rings (SSSR count). The van der Waals surface area contributed by atoms with E-state index in [2.05, 4.69) is 0 Å². The monoisotopic (exact) mass is 254 g/mol. The van der Waals surface area contributed by atoms with E-state index >= 15 is 0 Å². The first kappa shape index (κ1) is 12.4. The molecule has 0 spiro atoms. The molecule has 1 aliphatic heterocycles. The van der Waals surface area contributed by atoms with Crippen LogP contribution in [0.2, 0.25) is 5.02 Å². The summed E-state index contributed by atoms with van der Waals surface area (Å²) in [5.41, 5.74) is 0.531. The molecule has 0 N–H and O–H groups in total. The molecule has 1 heterocycles. The number of ether oxygens (including phenoxy) is 2. The summed E-state index contributed by atoms with van der Waals surface area (Å²) in [5.74, 6) is 0.552. The van der Waals surface area contributed by atoms with Crippen LogP contribution in [-0.2, 0) is 4.74 Å². The number of benzene rings is 1. The summed E-state index contributed by atoms with van der Waals surface area (Å²) in [5, 5.41) is 0.544. The fourth-order valence-corrected chi connectivity index (χ4v) is 2.04. The van der Waals surface area contributed by atoms with E-state index in [-0.39, 0.29) is 11.9 Å². The summed E-state index contributed by atoms with van der Waals surface area (Å²) in [7, 11) is 0. The van der Waals surface area contributed by atoms with Gasteiger partial charge in [0.15, 0.2) is 5.78 Å². The summed E-state index contributed by atoms with van der Waals surface area (Å²) in [4.78, 5) is 11.5. The van der Waals surface area contributed by atoms with Crippen LogP contribution in [0.1, 0.15) is 30.1 Å². The van der Waals surface area contributed by atoms with Gasteiger partial charge in [0.1, 0.15) is 11.9 Å².